The molecule has 3 aromatic heterocycles. The van der Waals surface area contributed by atoms with E-state index in [-0.39, 0.29) is 28.7 Å². The lowest BCUT2D eigenvalue weighted by molar-refractivity contribution is 0.0947. The first-order valence-corrected chi connectivity index (χ1v) is 12.1. The Kier molecular flexibility index (Phi) is 5.68. The van der Waals surface area contributed by atoms with Crippen molar-refractivity contribution in [2.24, 2.45) is 0 Å². The number of aromatic nitrogens is 2. The number of aryl methyl sites for hydroxylation is 1. The molecule has 0 radical (unpaired) electrons. The van der Waals surface area contributed by atoms with Crippen molar-refractivity contribution in [2.45, 2.75) is 30.0 Å². The van der Waals surface area contributed by atoms with Crippen molar-refractivity contribution in [2.75, 3.05) is 0 Å². The normalized spacial score (nSPS) is 14.8. The van der Waals surface area contributed by atoms with Crippen molar-refractivity contribution < 1.29 is 4.79 Å². The van der Waals surface area contributed by atoms with E-state index in [0.717, 1.165) is 27.7 Å². The number of carbonyl (C=O) groups is 1. The van der Waals surface area contributed by atoms with Gasteiger partial charge in [-0.25, -0.2) is 0 Å². The van der Waals surface area contributed by atoms with E-state index in [1.165, 1.54) is 4.88 Å². The fraction of sp³-hybridized carbons (Fsp3) is 0.160. The Labute approximate surface area is 194 Å². The Hall–Kier alpha value is -3.16. The SMILES string of the molecule is Cc1cc(=O)c(C(=O)NCc2ccccn2)c2n1-c1ccccc1SC(c1cccs1)C2. The van der Waals surface area contributed by atoms with Gasteiger partial charge in [0.25, 0.3) is 5.91 Å². The highest BCUT2D eigenvalue weighted by Gasteiger charge is 2.29. The molecule has 32 heavy (non-hydrogen) atoms. The van der Waals surface area contributed by atoms with Crippen LogP contribution in [0.15, 0.2) is 81.9 Å². The maximum Gasteiger partial charge on any atom is 0.257 e. The first-order chi connectivity index (χ1) is 15.6. The van der Waals surface area contributed by atoms with Crippen LogP contribution < -0.4 is 10.7 Å². The third-order valence-electron chi connectivity index (χ3n) is 5.50. The van der Waals surface area contributed by atoms with Crippen LogP contribution in [0.2, 0.25) is 0 Å². The van der Waals surface area contributed by atoms with Gasteiger partial charge in [0, 0.05) is 45.1 Å². The number of para-hydroxylation sites is 1. The Morgan fingerprint density at radius 2 is 2.00 bits per heavy atom. The highest BCUT2D eigenvalue weighted by molar-refractivity contribution is 7.99. The monoisotopic (exact) mass is 459 g/mol. The van der Waals surface area contributed by atoms with E-state index in [2.05, 4.69) is 38.4 Å². The van der Waals surface area contributed by atoms with Crippen LogP contribution in [0.3, 0.4) is 0 Å². The second kappa shape index (κ2) is 8.76. The van der Waals surface area contributed by atoms with E-state index in [4.69, 9.17) is 0 Å². The minimum Gasteiger partial charge on any atom is -0.346 e. The Bertz CT molecular complexity index is 1330. The number of hydrogen-bond donors (Lipinski definition) is 1. The third kappa shape index (κ3) is 3.89. The van der Waals surface area contributed by atoms with Gasteiger partial charge in [-0.2, -0.15) is 0 Å². The van der Waals surface area contributed by atoms with Crippen molar-refractivity contribution in [3.05, 3.63) is 110 Å². The smallest absolute Gasteiger partial charge is 0.257 e. The molecule has 4 aromatic rings. The van der Waals surface area contributed by atoms with Gasteiger partial charge in [-0.05, 0) is 42.6 Å². The van der Waals surface area contributed by atoms with Crippen molar-refractivity contribution in [3.63, 3.8) is 0 Å². The van der Waals surface area contributed by atoms with Gasteiger partial charge in [-0.1, -0.05) is 24.3 Å². The van der Waals surface area contributed by atoms with Gasteiger partial charge < -0.3 is 9.88 Å². The number of thioether (sulfide) groups is 1. The number of benzene rings is 1. The van der Waals surface area contributed by atoms with E-state index < -0.39 is 0 Å². The summed E-state index contributed by atoms with van der Waals surface area (Å²) in [4.78, 5) is 33.0. The fourth-order valence-electron chi connectivity index (χ4n) is 4.07. The van der Waals surface area contributed by atoms with Gasteiger partial charge in [-0.15, -0.1) is 23.1 Å². The number of nitrogens with zero attached hydrogens (tertiary/aromatic N) is 2. The second-order valence-electron chi connectivity index (χ2n) is 7.60. The molecule has 4 heterocycles. The molecule has 1 aliphatic rings. The van der Waals surface area contributed by atoms with Crippen LogP contribution in [0.25, 0.3) is 5.69 Å². The third-order valence-corrected chi connectivity index (χ3v) is 7.93. The molecule has 0 aliphatic carbocycles. The summed E-state index contributed by atoms with van der Waals surface area (Å²) in [7, 11) is 0. The van der Waals surface area contributed by atoms with Crippen LogP contribution in [-0.2, 0) is 13.0 Å². The number of fused-ring (bicyclic) bond motifs is 3. The lowest BCUT2D eigenvalue weighted by Crippen LogP contribution is -2.32. The summed E-state index contributed by atoms with van der Waals surface area (Å²) < 4.78 is 2.08. The number of thiophene rings is 1. The molecule has 1 atom stereocenters. The van der Waals surface area contributed by atoms with E-state index in [9.17, 15) is 9.59 Å². The maximum atomic E-state index is 13.3. The topological polar surface area (TPSA) is 64.0 Å². The Morgan fingerprint density at radius 1 is 1.16 bits per heavy atom. The predicted molar refractivity (Wildman–Crippen MR) is 129 cm³/mol. The summed E-state index contributed by atoms with van der Waals surface area (Å²) in [6.45, 7) is 2.19. The zero-order chi connectivity index (χ0) is 22.1. The Morgan fingerprint density at radius 3 is 2.78 bits per heavy atom. The molecular weight excluding hydrogens is 438 g/mol. The molecule has 0 saturated carbocycles. The van der Waals surface area contributed by atoms with Crippen molar-refractivity contribution in [1.29, 1.82) is 0 Å². The van der Waals surface area contributed by atoms with Crippen LogP contribution in [0.5, 0.6) is 0 Å². The molecule has 0 spiro atoms. The lowest BCUT2D eigenvalue weighted by atomic mass is 10.0. The fourth-order valence-corrected chi connectivity index (χ4v) is 6.27. The number of carbonyl (C=O) groups excluding carboxylic acids is 1. The zero-order valence-corrected chi connectivity index (χ0v) is 19.1. The van der Waals surface area contributed by atoms with Gasteiger partial charge in [0.1, 0.15) is 5.56 Å². The average molecular weight is 460 g/mol. The standard InChI is InChI=1S/C25H21N3O2S2/c1-16-13-20(29)24(25(30)27-15-17-7-4-5-11-26-17)19-14-23(22-10-6-12-31-22)32-21-9-3-2-8-18(21)28(16)19/h2-13,23H,14-15H2,1H3,(H,27,30). The summed E-state index contributed by atoms with van der Waals surface area (Å²) in [6.07, 6.45) is 2.27. The summed E-state index contributed by atoms with van der Waals surface area (Å²) >= 11 is 3.48. The summed E-state index contributed by atoms with van der Waals surface area (Å²) in [6, 6.07) is 19.5. The summed E-state index contributed by atoms with van der Waals surface area (Å²) in [5, 5.41) is 5.09. The molecule has 0 saturated heterocycles. The van der Waals surface area contributed by atoms with Crippen LogP contribution in [0.1, 0.15) is 37.6 Å². The van der Waals surface area contributed by atoms with Crippen molar-refractivity contribution in [3.8, 4) is 5.69 Å². The zero-order valence-electron chi connectivity index (χ0n) is 17.4. The van der Waals surface area contributed by atoms with Crippen LogP contribution in [-0.4, -0.2) is 15.5 Å². The molecule has 1 aliphatic heterocycles. The van der Waals surface area contributed by atoms with E-state index in [0.29, 0.717) is 6.42 Å². The molecular formula is C25H21N3O2S2. The predicted octanol–water partition coefficient (Wildman–Crippen LogP) is 4.92. The van der Waals surface area contributed by atoms with Gasteiger partial charge in [0.15, 0.2) is 5.43 Å². The molecule has 5 rings (SSSR count). The van der Waals surface area contributed by atoms with Gasteiger partial charge in [0.05, 0.1) is 17.9 Å². The number of nitrogens with one attached hydrogen (secondary N) is 1. The first kappa shape index (κ1) is 20.7. The molecule has 160 valence electrons. The quantitative estimate of drug-likeness (QED) is 0.470. The van der Waals surface area contributed by atoms with E-state index in [1.54, 1.807) is 35.4 Å². The van der Waals surface area contributed by atoms with Gasteiger partial charge in [0.2, 0.25) is 0 Å². The van der Waals surface area contributed by atoms with Crippen LogP contribution in [0.4, 0.5) is 0 Å². The minimum atomic E-state index is -0.362. The maximum absolute atomic E-state index is 13.3. The highest BCUT2D eigenvalue weighted by Crippen LogP contribution is 2.45. The first-order valence-electron chi connectivity index (χ1n) is 10.3. The number of amides is 1. The molecule has 0 bridgehead atoms. The largest absolute Gasteiger partial charge is 0.346 e. The molecule has 0 fully saturated rings. The number of rotatable bonds is 4. The minimum absolute atomic E-state index is 0.119. The molecule has 5 nitrogen and oxygen atoms in total. The van der Waals surface area contributed by atoms with Crippen molar-refractivity contribution >= 4 is 29.0 Å². The molecule has 1 N–H and O–H groups in total. The molecule has 1 amide bonds. The number of pyridine rings is 2. The van der Waals surface area contributed by atoms with Crippen LogP contribution >= 0.6 is 23.1 Å². The molecule has 1 aromatic carbocycles. The van der Waals surface area contributed by atoms with Gasteiger partial charge in [-0.3, -0.25) is 14.6 Å². The van der Waals surface area contributed by atoms with Gasteiger partial charge >= 0.3 is 0 Å². The van der Waals surface area contributed by atoms with E-state index >= 15 is 0 Å². The molecule has 7 heteroatoms. The highest BCUT2D eigenvalue weighted by atomic mass is 32.2. The van der Waals surface area contributed by atoms with Crippen LogP contribution in [0, 0.1) is 6.92 Å². The summed E-state index contributed by atoms with van der Waals surface area (Å²) in [5.41, 5.74) is 3.29. The second-order valence-corrected chi connectivity index (χ2v) is 9.83. The van der Waals surface area contributed by atoms with Crippen molar-refractivity contribution in [1.82, 2.24) is 14.9 Å². The molecule has 1 unspecified atom stereocenters. The van der Waals surface area contributed by atoms with E-state index in [1.807, 2.05) is 43.3 Å². The average Bonchev–Trinajstić information content (AvgIpc) is 3.27. The lowest BCUT2D eigenvalue weighted by Gasteiger charge is -2.19. The summed E-state index contributed by atoms with van der Waals surface area (Å²) in [5.74, 6) is -0.362. The Balaban J connectivity index is 1.63. The number of hydrogen-bond acceptors (Lipinski definition) is 5.